The molecule has 2 aliphatic rings. The van der Waals surface area contributed by atoms with E-state index in [1.54, 1.807) is 12.3 Å². The van der Waals surface area contributed by atoms with Crippen LogP contribution in [0.3, 0.4) is 0 Å². The number of ether oxygens (including phenoxy) is 2. The Hall–Kier alpha value is -3.38. The first-order chi connectivity index (χ1) is 16.5. The highest BCUT2D eigenvalue weighted by atomic mass is 16.5. The van der Waals surface area contributed by atoms with Gasteiger partial charge in [-0.3, -0.25) is 9.69 Å². The summed E-state index contributed by atoms with van der Waals surface area (Å²) in [7, 11) is 0. The Labute approximate surface area is 200 Å². The summed E-state index contributed by atoms with van der Waals surface area (Å²) in [5, 5.41) is 2.94. The van der Waals surface area contributed by atoms with Crippen LogP contribution in [0, 0.1) is 0 Å². The fourth-order valence-corrected chi connectivity index (χ4v) is 4.89. The lowest BCUT2D eigenvalue weighted by Crippen LogP contribution is -2.39. The maximum Gasteiger partial charge on any atom is 0.238 e. The third-order valence-electron chi connectivity index (χ3n) is 6.85. The number of carbonyl (C=O) groups excluding carboxylic acids is 1. The van der Waals surface area contributed by atoms with Crippen LogP contribution < -0.4 is 14.8 Å². The highest BCUT2D eigenvalue weighted by Crippen LogP contribution is 2.37. The first-order valence-electron chi connectivity index (χ1n) is 12.1. The first kappa shape index (κ1) is 22.4. The molecule has 6 nitrogen and oxygen atoms in total. The van der Waals surface area contributed by atoms with Crippen molar-refractivity contribution < 1.29 is 14.3 Å². The summed E-state index contributed by atoms with van der Waals surface area (Å²) in [5.74, 6) is 2.10. The molecule has 1 saturated heterocycles. The number of hydrogen-bond acceptors (Lipinski definition) is 5. The first-order valence-corrected chi connectivity index (χ1v) is 12.1. The number of amides is 1. The molecule has 1 fully saturated rings. The van der Waals surface area contributed by atoms with Crippen molar-refractivity contribution >= 4 is 11.6 Å². The van der Waals surface area contributed by atoms with Gasteiger partial charge >= 0.3 is 0 Å². The van der Waals surface area contributed by atoms with Gasteiger partial charge in [0.15, 0.2) is 0 Å². The van der Waals surface area contributed by atoms with Crippen LogP contribution in [0.15, 0.2) is 66.9 Å². The van der Waals surface area contributed by atoms with Gasteiger partial charge in [-0.25, -0.2) is 4.98 Å². The number of aryl methyl sites for hydroxylation is 1. The van der Waals surface area contributed by atoms with Gasteiger partial charge in [0.2, 0.25) is 11.8 Å². The predicted octanol–water partition coefficient (Wildman–Crippen LogP) is 5.75. The SMILES string of the molecule is CC1CCC(C)N1CC(=O)Nc1ccc(Oc2ccc3c(c2)CCC(c2ccccc2)O3)nc1. The van der Waals surface area contributed by atoms with Gasteiger partial charge in [0.1, 0.15) is 17.6 Å². The molecule has 0 bridgehead atoms. The zero-order valence-electron chi connectivity index (χ0n) is 19.7. The van der Waals surface area contributed by atoms with Gasteiger partial charge in [0, 0.05) is 18.2 Å². The van der Waals surface area contributed by atoms with E-state index in [4.69, 9.17) is 9.47 Å². The molecule has 2 aliphatic heterocycles. The van der Waals surface area contributed by atoms with Gasteiger partial charge in [-0.15, -0.1) is 0 Å². The number of rotatable bonds is 6. The van der Waals surface area contributed by atoms with Gasteiger partial charge in [0.25, 0.3) is 0 Å². The monoisotopic (exact) mass is 457 g/mol. The van der Waals surface area contributed by atoms with Crippen LogP contribution in [0.4, 0.5) is 5.69 Å². The number of likely N-dealkylation sites (tertiary alicyclic amines) is 1. The second-order valence-corrected chi connectivity index (χ2v) is 9.31. The minimum absolute atomic E-state index is 0.0143. The number of fused-ring (bicyclic) bond motifs is 1. The van der Waals surface area contributed by atoms with Crippen LogP contribution in [-0.4, -0.2) is 34.4 Å². The quantitative estimate of drug-likeness (QED) is 0.510. The van der Waals surface area contributed by atoms with Gasteiger partial charge < -0.3 is 14.8 Å². The number of hydrogen-bond donors (Lipinski definition) is 1. The molecule has 1 amide bonds. The number of nitrogens with one attached hydrogen (secondary N) is 1. The Bertz CT molecular complexity index is 1120. The van der Waals surface area contributed by atoms with Crippen LogP contribution in [0.2, 0.25) is 0 Å². The third kappa shape index (κ3) is 5.07. The highest BCUT2D eigenvalue weighted by Gasteiger charge is 2.28. The number of benzene rings is 2. The van der Waals surface area contributed by atoms with Gasteiger partial charge in [-0.2, -0.15) is 0 Å². The van der Waals surface area contributed by atoms with Gasteiger partial charge in [-0.1, -0.05) is 30.3 Å². The third-order valence-corrected chi connectivity index (χ3v) is 6.85. The van der Waals surface area contributed by atoms with E-state index in [-0.39, 0.29) is 12.0 Å². The molecule has 0 radical (unpaired) electrons. The average Bonchev–Trinajstić information content (AvgIpc) is 3.17. The van der Waals surface area contributed by atoms with E-state index in [0.717, 1.165) is 42.7 Å². The van der Waals surface area contributed by atoms with Crippen molar-refractivity contribution in [3.05, 3.63) is 78.0 Å². The summed E-state index contributed by atoms with van der Waals surface area (Å²) in [5.41, 5.74) is 3.01. The van der Waals surface area contributed by atoms with Gasteiger partial charge in [-0.05, 0) is 74.9 Å². The standard InChI is InChI=1S/C28H31N3O3/c1-19-8-9-20(2)31(19)18-27(32)30-23-11-15-28(29-17-23)33-24-12-14-26-22(16-24)10-13-25(34-26)21-6-4-3-5-7-21/h3-7,11-12,14-17,19-20,25H,8-10,13,18H2,1-2H3,(H,30,32). The Balaban J connectivity index is 1.17. The number of carbonyl (C=O) groups is 1. The zero-order chi connectivity index (χ0) is 23.5. The summed E-state index contributed by atoms with van der Waals surface area (Å²) in [4.78, 5) is 19.1. The maximum atomic E-state index is 12.5. The fraction of sp³-hybridized carbons (Fsp3) is 0.357. The fourth-order valence-electron chi connectivity index (χ4n) is 4.89. The molecule has 3 unspecified atom stereocenters. The largest absolute Gasteiger partial charge is 0.485 e. The van der Waals surface area contributed by atoms with Crippen molar-refractivity contribution in [3.8, 4) is 17.4 Å². The molecule has 0 spiro atoms. The van der Waals surface area contributed by atoms with Crippen molar-refractivity contribution in [1.29, 1.82) is 0 Å². The van der Waals surface area contributed by atoms with Crippen molar-refractivity contribution in [1.82, 2.24) is 9.88 Å². The minimum atomic E-state index is -0.0143. The molecule has 6 heteroatoms. The van der Waals surface area contributed by atoms with Gasteiger partial charge in [0.05, 0.1) is 18.4 Å². The second-order valence-electron chi connectivity index (χ2n) is 9.31. The molecular formula is C28H31N3O3. The molecule has 3 aromatic rings. The summed E-state index contributed by atoms with van der Waals surface area (Å²) >= 11 is 0. The summed E-state index contributed by atoms with van der Waals surface area (Å²) in [6.45, 7) is 4.76. The van der Waals surface area contributed by atoms with E-state index >= 15 is 0 Å². The molecule has 5 rings (SSSR count). The zero-order valence-corrected chi connectivity index (χ0v) is 19.7. The number of pyridine rings is 1. The van der Waals surface area contributed by atoms with Crippen molar-refractivity contribution in [3.63, 3.8) is 0 Å². The number of aromatic nitrogens is 1. The predicted molar refractivity (Wildman–Crippen MR) is 132 cm³/mol. The molecule has 34 heavy (non-hydrogen) atoms. The molecule has 0 aliphatic carbocycles. The molecule has 3 atom stereocenters. The number of anilines is 1. The van der Waals surface area contributed by atoms with E-state index in [0.29, 0.717) is 30.2 Å². The minimum Gasteiger partial charge on any atom is -0.485 e. The Morgan fingerprint density at radius 3 is 2.59 bits per heavy atom. The molecule has 2 aromatic carbocycles. The van der Waals surface area contributed by atoms with E-state index in [1.807, 2.05) is 42.5 Å². The van der Waals surface area contributed by atoms with Crippen molar-refractivity contribution in [2.45, 2.75) is 57.7 Å². The highest BCUT2D eigenvalue weighted by molar-refractivity contribution is 5.92. The van der Waals surface area contributed by atoms with Crippen molar-refractivity contribution in [2.24, 2.45) is 0 Å². The maximum absolute atomic E-state index is 12.5. The van der Waals surface area contributed by atoms with Crippen LogP contribution in [-0.2, 0) is 11.2 Å². The van der Waals surface area contributed by atoms with Crippen LogP contribution >= 0.6 is 0 Å². The smallest absolute Gasteiger partial charge is 0.238 e. The summed E-state index contributed by atoms with van der Waals surface area (Å²) < 4.78 is 12.2. The van der Waals surface area contributed by atoms with Crippen LogP contribution in [0.25, 0.3) is 0 Å². The lowest BCUT2D eigenvalue weighted by atomic mass is 9.97. The normalized spacial score (nSPS) is 22.0. The lowest BCUT2D eigenvalue weighted by molar-refractivity contribution is -0.117. The molecule has 3 heterocycles. The molecule has 1 aromatic heterocycles. The van der Waals surface area contributed by atoms with Crippen LogP contribution in [0.5, 0.6) is 17.4 Å². The Morgan fingerprint density at radius 2 is 1.85 bits per heavy atom. The van der Waals surface area contributed by atoms with Crippen molar-refractivity contribution in [2.75, 3.05) is 11.9 Å². The summed E-state index contributed by atoms with van der Waals surface area (Å²) in [6, 6.07) is 20.7. The topological polar surface area (TPSA) is 63.7 Å². The van der Waals surface area contributed by atoms with Crippen LogP contribution in [0.1, 0.15) is 50.3 Å². The Kier molecular flexibility index (Phi) is 6.50. The second kappa shape index (κ2) is 9.85. The van der Waals surface area contributed by atoms with E-state index in [2.05, 4.69) is 41.2 Å². The lowest BCUT2D eigenvalue weighted by Gasteiger charge is -2.26. The molecule has 176 valence electrons. The van der Waals surface area contributed by atoms with E-state index < -0.39 is 0 Å². The molecular weight excluding hydrogens is 426 g/mol. The number of nitrogens with zero attached hydrogens (tertiary/aromatic N) is 2. The van der Waals surface area contributed by atoms with E-state index in [1.165, 1.54) is 5.56 Å². The molecule has 0 saturated carbocycles. The summed E-state index contributed by atoms with van der Waals surface area (Å²) in [6.07, 6.45) is 5.87. The molecule has 1 N–H and O–H groups in total. The average molecular weight is 458 g/mol. The Morgan fingerprint density at radius 1 is 1.06 bits per heavy atom. The van der Waals surface area contributed by atoms with E-state index in [9.17, 15) is 4.79 Å².